The molecule has 0 radical (unpaired) electrons. The van der Waals surface area contributed by atoms with E-state index < -0.39 is 5.60 Å². The molecule has 3 aromatic heterocycles. The van der Waals surface area contributed by atoms with Crippen LogP contribution in [0.4, 0.5) is 0 Å². The summed E-state index contributed by atoms with van der Waals surface area (Å²) < 4.78 is 5.24. The number of aromatic nitrogens is 5. The molecule has 1 aromatic carbocycles. The van der Waals surface area contributed by atoms with Gasteiger partial charge in [0.05, 0.1) is 5.56 Å². The van der Waals surface area contributed by atoms with E-state index >= 15 is 0 Å². The maximum atomic E-state index is 12.5. The fourth-order valence-electron chi connectivity index (χ4n) is 2.76. The normalized spacial score (nSPS) is 11.3. The van der Waals surface area contributed by atoms with Crippen molar-refractivity contribution in [3.63, 3.8) is 0 Å². The first-order chi connectivity index (χ1) is 14.9. The minimum Gasteiger partial charge on any atom is -0.382 e. The average molecular weight is 416 g/mol. The van der Waals surface area contributed by atoms with Crippen LogP contribution < -0.4 is 5.32 Å². The molecule has 0 aliphatic carbocycles. The maximum Gasteiger partial charge on any atom is 0.258 e. The Kier molecular flexibility index (Phi) is 5.50. The summed E-state index contributed by atoms with van der Waals surface area (Å²) in [6.07, 6.45) is 4.60. The van der Waals surface area contributed by atoms with Gasteiger partial charge in [0.15, 0.2) is 5.82 Å². The Morgan fingerprint density at radius 3 is 2.58 bits per heavy atom. The van der Waals surface area contributed by atoms with Crippen LogP contribution in [0.3, 0.4) is 0 Å². The van der Waals surface area contributed by atoms with E-state index in [-0.39, 0.29) is 11.7 Å². The third-order valence-electron chi connectivity index (χ3n) is 4.41. The Hall–Kier alpha value is -3.98. The number of carbonyl (C=O) groups is 1. The number of carbonyl (C=O) groups excluding carboxylic acids is 1. The van der Waals surface area contributed by atoms with Crippen molar-refractivity contribution in [1.82, 2.24) is 30.4 Å². The standard InChI is InChI=1S/C22H20N6O3/c1-22(2,30)21-27-20(31-28-21)15-7-5-6-14(10-15)11-26-19(29)16-12-24-18(25-13-16)17-8-3-4-9-23-17/h3-10,12-13,30H,11H2,1-2H3,(H,26,29). The molecule has 0 spiro atoms. The fraction of sp³-hybridized carbons (Fsp3) is 0.182. The second-order valence-corrected chi connectivity index (χ2v) is 7.38. The highest BCUT2D eigenvalue weighted by molar-refractivity contribution is 5.93. The Balaban J connectivity index is 1.42. The zero-order chi connectivity index (χ0) is 21.8. The molecule has 0 saturated carbocycles. The molecule has 0 aliphatic rings. The van der Waals surface area contributed by atoms with E-state index in [2.05, 4.69) is 30.4 Å². The monoisotopic (exact) mass is 416 g/mol. The molecule has 4 rings (SSSR count). The van der Waals surface area contributed by atoms with E-state index in [1.54, 1.807) is 26.1 Å². The zero-order valence-electron chi connectivity index (χ0n) is 17.0. The first kappa shape index (κ1) is 20.3. The largest absolute Gasteiger partial charge is 0.382 e. The molecule has 0 unspecified atom stereocenters. The third-order valence-corrected chi connectivity index (χ3v) is 4.41. The lowest BCUT2D eigenvalue weighted by Crippen LogP contribution is -2.23. The zero-order valence-corrected chi connectivity index (χ0v) is 17.0. The molecule has 4 aromatic rings. The van der Waals surface area contributed by atoms with Gasteiger partial charge in [0.2, 0.25) is 5.82 Å². The molecule has 2 N–H and O–H groups in total. The molecule has 9 heteroatoms. The summed E-state index contributed by atoms with van der Waals surface area (Å²) in [6.45, 7) is 3.46. The van der Waals surface area contributed by atoms with Gasteiger partial charge in [-0.3, -0.25) is 9.78 Å². The predicted molar refractivity (Wildman–Crippen MR) is 111 cm³/mol. The summed E-state index contributed by atoms with van der Waals surface area (Å²) in [6, 6.07) is 12.8. The van der Waals surface area contributed by atoms with E-state index in [0.29, 0.717) is 35.1 Å². The van der Waals surface area contributed by atoms with Gasteiger partial charge in [-0.05, 0) is 43.7 Å². The molecular weight excluding hydrogens is 396 g/mol. The van der Waals surface area contributed by atoms with Crippen molar-refractivity contribution in [2.24, 2.45) is 0 Å². The van der Waals surface area contributed by atoms with Crippen molar-refractivity contribution in [1.29, 1.82) is 0 Å². The summed E-state index contributed by atoms with van der Waals surface area (Å²) in [5.41, 5.74) is 1.34. The van der Waals surface area contributed by atoms with Gasteiger partial charge in [-0.2, -0.15) is 4.98 Å². The van der Waals surface area contributed by atoms with Crippen molar-refractivity contribution >= 4 is 5.91 Å². The maximum absolute atomic E-state index is 12.5. The molecule has 31 heavy (non-hydrogen) atoms. The molecule has 156 valence electrons. The Bertz CT molecular complexity index is 1180. The van der Waals surface area contributed by atoms with Crippen molar-refractivity contribution in [3.05, 3.63) is 78.0 Å². The van der Waals surface area contributed by atoms with E-state index in [1.807, 2.05) is 36.4 Å². The van der Waals surface area contributed by atoms with E-state index in [0.717, 1.165) is 5.56 Å². The van der Waals surface area contributed by atoms with E-state index in [9.17, 15) is 9.90 Å². The summed E-state index contributed by atoms with van der Waals surface area (Å²) in [5.74, 6) is 0.661. The summed E-state index contributed by atoms with van der Waals surface area (Å²) in [7, 11) is 0. The third kappa shape index (κ3) is 4.78. The van der Waals surface area contributed by atoms with Crippen molar-refractivity contribution in [3.8, 4) is 23.0 Å². The minimum atomic E-state index is -1.19. The highest BCUT2D eigenvalue weighted by Gasteiger charge is 2.23. The quantitative estimate of drug-likeness (QED) is 0.491. The second kappa shape index (κ2) is 8.41. The van der Waals surface area contributed by atoms with Gasteiger partial charge in [0.1, 0.15) is 11.3 Å². The molecule has 0 saturated heterocycles. The second-order valence-electron chi connectivity index (χ2n) is 7.38. The number of hydrogen-bond acceptors (Lipinski definition) is 8. The average Bonchev–Trinajstić information content (AvgIpc) is 3.30. The lowest BCUT2D eigenvalue weighted by Gasteiger charge is -2.09. The van der Waals surface area contributed by atoms with Gasteiger partial charge in [-0.15, -0.1) is 0 Å². The molecule has 0 aliphatic heterocycles. The molecule has 1 amide bonds. The lowest BCUT2D eigenvalue weighted by molar-refractivity contribution is 0.0661. The number of amides is 1. The number of aliphatic hydroxyl groups is 1. The van der Waals surface area contributed by atoms with Crippen LogP contribution in [0.1, 0.15) is 35.6 Å². The number of nitrogens with one attached hydrogen (secondary N) is 1. The topological polar surface area (TPSA) is 127 Å². The molecule has 0 atom stereocenters. The highest BCUT2D eigenvalue weighted by Crippen LogP contribution is 2.23. The van der Waals surface area contributed by atoms with Gasteiger partial charge in [0, 0.05) is 30.7 Å². The van der Waals surface area contributed by atoms with Gasteiger partial charge in [0.25, 0.3) is 11.8 Å². The van der Waals surface area contributed by atoms with Gasteiger partial charge in [-0.1, -0.05) is 23.4 Å². The molecule has 9 nitrogen and oxygen atoms in total. The van der Waals surface area contributed by atoms with E-state index in [4.69, 9.17) is 4.52 Å². The number of benzene rings is 1. The van der Waals surface area contributed by atoms with Crippen LogP contribution in [0.5, 0.6) is 0 Å². The summed E-state index contributed by atoms with van der Waals surface area (Å²) in [5, 5.41) is 16.6. The molecular formula is C22H20N6O3. The van der Waals surface area contributed by atoms with Crippen molar-refractivity contribution in [2.75, 3.05) is 0 Å². The fourth-order valence-corrected chi connectivity index (χ4v) is 2.76. The Labute approximate surface area is 178 Å². The Morgan fingerprint density at radius 1 is 1.10 bits per heavy atom. The SMILES string of the molecule is CC(C)(O)c1noc(-c2cccc(CNC(=O)c3cnc(-c4ccccn4)nc3)c2)n1. The van der Waals surface area contributed by atoms with Gasteiger partial charge in [-0.25, -0.2) is 9.97 Å². The van der Waals surface area contributed by atoms with Crippen molar-refractivity contribution in [2.45, 2.75) is 26.0 Å². The van der Waals surface area contributed by atoms with Crippen LogP contribution in [0.15, 0.2) is 65.6 Å². The minimum absolute atomic E-state index is 0.204. The van der Waals surface area contributed by atoms with Crippen LogP contribution in [-0.4, -0.2) is 36.1 Å². The number of nitrogens with zero attached hydrogens (tertiary/aromatic N) is 5. The van der Waals surface area contributed by atoms with E-state index in [1.165, 1.54) is 12.4 Å². The first-order valence-corrected chi connectivity index (χ1v) is 9.58. The molecule has 0 fully saturated rings. The molecule has 3 heterocycles. The number of pyridine rings is 1. The molecule has 0 bridgehead atoms. The van der Waals surface area contributed by atoms with Crippen LogP contribution >= 0.6 is 0 Å². The number of hydrogen-bond donors (Lipinski definition) is 2. The highest BCUT2D eigenvalue weighted by atomic mass is 16.5. The first-order valence-electron chi connectivity index (χ1n) is 9.58. The van der Waals surface area contributed by atoms with Crippen molar-refractivity contribution < 1.29 is 14.4 Å². The van der Waals surface area contributed by atoms with Gasteiger partial charge >= 0.3 is 0 Å². The smallest absolute Gasteiger partial charge is 0.258 e. The van der Waals surface area contributed by atoms with Gasteiger partial charge < -0.3 is 14.9 Å². The van der Waals surface area contributed by atoms with Crippen LogP contribution in [0.25, 0.3) is 23.0 Å². The summed E-state index contributed by atoms with van der Waals surface area (Å²) >= 11 is 0. The van der Waals surface area contributed by atoms with Crippen LogP contribution in [-0.2, 0) is 12.1 Å². The van der Waals surface area contributed by atoms with Crippen LogP contribution in [0.2, 0.25) is 0 Å². The number of rotatable bonds is 6. The lowest BCUT2D eigenvalue weighted by atomic mass is 10.1. The van der Waals surface area contributed by atoms with Crippen LogP contribution in [0, 0.1) is 0 Å². The predicted octanol–water partition coefficient (Wildman–Crippen LogP) is 2.75. The Morgan fingerprint density at radius 2 is 1.90 bits per heavy atom. The summed E-state index contributed by atoms with van der Waals surface area (Å²) in [4.78, 5) is 29.3.